The summed E-state index contributed by atoms with van der Waals surface area (Å²) >= 11 is 11.6. The van der Waals surface area contributed by atoms with Gasteiger partial charge in [0, 0.05) is 5.56 Å². The number of methoxy groups -OCH3 is 1. The molecule has 38 heavy (non-hydrogen) atoms. The first-order chi connectivity index (χ1) is 18.2. The summed E-state index contributed by atoms with van der Waals surface area (Å²) in [5.41, 5.74) is 1.36. The molecule has 9 nitrogen and oxygen atoms in total. The third-order valence-electron chi connectivity index (χ3n) is 5.53. The van der Waals surface area contributed by atoms with Gasteiger partial charge in [0.15, 0.2) is 16.6 Å². The summed E-state index contributed by atoms with van der Waals surface area (Å²) in [5.74, 6) is -2.19. The minimum atomic E-state index is -1.18. The van der Waals surface area contributed by atoms with Gasteiger partial charge in [-0.1, -0.05) is 35.9 Å². The minimum absolute atomic E-state index is 0.0509. The summed E-state index contributed by atoms with van der Waals surface area (Å²) in [6.45, 7) is 0.0585. The molecule has 0 spiro atoms. The minimum Gasteiger partial charge on any atom is -0.493 e. The van der Waals surface area contributed by atoms with Crippen molar-refractivity contribution in [3.05, 3.63) is 93.5 Å². The van der Waals surface area contributed by atoms with Crippen molar-refractivity contribution in [2.45, 2.75) is 6.61 Å². The summed E-state index contributed by atoms with van der Waals surface area (Å²) in [7, 11) is 1.41. The van der Waals surface area contributed by atoms with E-state index in [-0.39, 0.29) is 45.1 Å². The standard InChI is InChI=1S/C27H18ClN3O6S/c1-36-22-11-15(10-21(28)23(22)37-14-18-6-3-2-5-17(18)13-29)9-20-24(32)30-27(38)31(25(20)33)19-8-4-7-16(12-19)26(34)35/h2-12H,14H2,1H3,(H,34,35)(H,30,32,38). The maximum atomic E-state index is 13.3. The Morgan fingerprint density at radius 2 is 1.95 bits per heavy atom. The monoisotopic (exact) mass is 547 g/mol. The van der Waals surface area contributed by atoms with Gasteiger partial charge in [-0.05, 0) is 60.3 Å². The van der Waals surface area contributed by atoms with Gasteiger partial charge >= 0.3 is 5.97 Å². The van der Waals surface area contributed by atoms with Gasteiger partial charge in [-0.2, -0.15) is 5.26 Å². The number of carbonyl (C=O) groups is 3. The zero-order valence-corrected chi connectivity index (χ0v) is 21.3. The molecule has 1 aliphatic rings. The second-order valence-electron chi connectivity index (χ2n) is 7.91. The Bertz CT molecular complexity index is 1560. The Labute approximate surface area is 227 Å². The van der Waals surface area contributed by atoms with Crippen molar-refractivity contribution in [3.8, 4) is 17.6 Å². The fourth-order valence-corrected chi connectivity index (χ4v) is 4.26. The van der Waals surface area contributed by atoms with Crippen LogP contribution in [-0.4, -0.2) is 35.1 Å². The molecule has 11 heteroatoms. The smallest absolute Gasteiger partial charge is 0.335 e. The first kappa shape index (κ1) is 26.3. The molecule has 4 rings (SSSR count). The predicted octanol–water partition coefficient (Wildman–Crippen LogP) is 4.33. The van der Waals surface area contributed by atoms with Crippen molar-refractivity contribution >= 4 is 58.5 Å². The van der Waals surface area contributed by atoms with Gasteiger partial charge in [0.25, 0.3) is 11.8 Å². The molecule has 3 aromatic carbocycles. The van der Waals surface area contributed by atoms with E-state index in [2.05, 4.69) is 11.4 Å². The Morgan fingerprint density at radius 1 is 1.18 bits per heavy atom. The van der Waals surface area contributed by atoms with Crippen LogP contribution in [0.3, 0.4) is 0 Å². The first-order valence-corrected chi connectivity index (χ1v) is 11.7. The summed E-state index contributed by atoms with van der Waals surface area (Å²) < 4.78 is 11.3. The number of nitrogens with zero attached hydrogens (tertiary/aromatic N) is 2. The maximum absolute atomic E-state index is 13.3. The first-order valence-electron chi connectivity index (χ1n) is 11.0. The highest BCUT2D eigenvalue weighted by molar-refractivity contribution is 7.80. The Morgan fingerprint density at radius 3 is 2.66 bits per heavy atom. The van der Waals surface area contributed by atoms with Crippen LogP contribution in [0, 0.1) is 11.3 Å². The van der Waals surface area contributed by atoms with E-state index in [9.17, 15) is 24.8 Å². The predicted molar refractivity (Wildman–Crippen MR) is 143 cm³/mol. The van der Waals surface area contributed by atoms with Crippen LogP contribution in [0.4, 0.5) is 5.69 Å². The Kier molecular flexibility index (Phi) is 7.71. The van der Waals surface area contributed by atoms with Gasteiger partial charge in [0.05, 0.1) is 35.0 Å². The second kappa shape index (κ2) is 11.1. The van der Waals surface area contributed by atoms with Gasteiger partial charge in [-0.25, -0.2) is 4.79 Å². The fourth-order valence-electron chi connectivity index (χ4n) is 3.70. The van der Waals surface area contributed by atoms with Gasteiger partial charge in [0.1, 0.15) is 12.2 Å². The molecule has 1 heterocycles. The number of hydrogen-bond donors (Lipinski definition) is 2. The van der Waals surface area contributed by atoms with E-state index in [0.29, 0.717) is 16.7 Å². The molecule has 2 amide bonds. The number of carboxylic acid groups (broad SMARTS) is 1. The zero-order valence-electron chi connectivity index (χ0n) is 19.7. The molecular weight excluding hydrogens is 530 g/mol. The highest BCUT2D eigenvalue weighted by atomic mass is 35.5. The van der Waals surface area contributed by atoms with E-state index in [1.165, 1.54) is 49.6 Å². The van der Waals surface area contributed by atoms with Gasteiger partial charge < -0.3 is 14.6 Å². The third kappa shape index (κ3) is 5.34. The van der Waals surface area contributed by atoms with Crippen LogP contribution in [0.5, 0.6) is 11.5 Å². The zero-order chi connectivity index (χ0) is 27.4. The molecule has 0 saturated carbocycles. The van der Waals surface area contributed by atoms with E-state index in [1.54, 1.807) is 24.3 Å². The lowest BCUT2D eigenvalue weighted by molar-refractivity contribution is -0.122. The number of ether oxygens (including phenoxy) is 2. The molecular formula is C27H18ClN3O6S. The molecule has 0 radical (unpaired) electrons. The highest BCUT2D eigenvalue weighted by Gasteiger charge is 2.35. The van der Waals surface area contributed by atoms with Crippen LogP contribution in [0.15, 0.2) is 66.2 Å². The van der Waals surface area contributed by atoms with Crippen LogP contribution in [0.25, 0.3) is 6.08 Å². The molecule has 0 aliphatic carbocycles. The molecule has 0 bridgehead atoms. The molecule has 190 valence electrons. The number of aromatic carboxylic acids is 1. The van der Waals surface area contributed by atoms with Crippen molar-refractivity contribution < 1.29 is 29.0 Å². The number of halogens is 1. The summed E-state index contributed by atoms with van der Waals surface area (Å²) in [4.78, 5) is 38.4. The molecule has 0 aromatic heterocycles. The van der Waals surface area contributed by atoms with Crippen molar-refractivity contribution in [1.82, 2.24) is 5.32 Å². The second-order valence-corrected chi connectivity index (χ2v) is 8.70. The van der Waals surface area contributed by atoms with Crippen LogP contribution in [0.1, 0.15) is 27.0 Å². The van der Waals surface area contributed by atoms with Crippen LogP contribution >= 0.6 is 23.8 Å². The van der Waals surface area contributed by atoms with Crippen molar-refractivity contribution in [3.63, 3.8) is 0 Å². The topological polar surface area (TPSA) is 129 Å². The van der Waals surface area contributed by atoms with E-state index in [4.69, 9.17) is 33.3 Å². The molecule has 1 fully saturated rings. The lowest BCUT2D eigenvalue weighted by Crippen LogP contribution is -2.54. The summed E-state index contributed by atoms with van der Waals surface area (Å²) in [6.07, 6.45) is 1.32. The SMILES string of the molecule is COc1cc(C=C2C(=O)NC(=S)N(c3cccc(C(=O)O)c3)C2=O)cc(Cl)c1OCc1ccccc1C#N. The normalized spacial score (nSPS) is 14.2. The quantitative estimate of drug-likeness (QED) is 0.254. The summed E-state index contributed by atoms with van der Waals surface area (Å²) in [5, 5.41) is 21.0. The number of thiocarbonyl (C=S) groups is 1. The van der Waals surface area contributed by atoms with E-state index in [0.717, 1.165) is 4.90 Å². The number of carbonyl (C=O) groups excluding carboxylic acids is 2. The van der Waals surface area contributed by atoms with Crippen molar-refractivity contribution in [2.75, 3.05) is 12.0 Å². The number of carboxylic acids is 1. The number of nitrogens with one attached hydrogen (secondary N) is 1. The van der Waals surface area contributed by atoms with Crippen LogP contribution in [-0.2, 0) is 16.2 Å². The van der Waals surface area contributed by atoms with Crippen LogP contribution < -0.4 is 19.7 Å². The highest BCUT2D eigenvalue weighted by Crippen LogP contribution is 2.38. The average Bonchev–Trinajstić information content (AvgIpc) is 2.90. The van der Waals surface area contributed by atoms with Crippen molar-refractivity contribution in [2.24, 2.45) is 0 Å². The molecule has 0 unspecified atom stereocenters. The van der Waals surface area contributed by atoms with E-state index in [1.807, 2.05) is 0 Å². The van der Waals surface area contributed by atoms with E-state index < -0.39 is 17.8 Å². The number of anilines is 1. The molecule has 1 aliphatic heterocycles. The van der Waals surface area contributed by atoms with Crippen LogP contribution in [0.2, 0.25) is 5.02 Å². The average molecular weight is 548 g/mol. The number of hydrogen-bond acceptors (Lipinski definition) is 7. The van der Waals surface area contributed by atoms with E-state index >= 15 is 0 Å². The largest absolute Gasteiger partial charge is 0.493 e. The molecule has 0 atom stereocenters. The van der Waals surface area contributed by atoms with Gasteiger partial charge in [-0.15, -0.1) is 0 Å². The molecule has 2 N–H and O–H groups in total. The number of nitriles is 1. The number of benzene rings is 3. The van der Waals surface area contributed by atoms with Gasteiger partial charge in [0.2, 0.25) is 0 Å². The molecule has 3 aromatic rings. The number of rotatable bonds is 7. The number of amides is 2. The molecule has 1 saturated heterocycles. The summed E-state index contributed by atoms with van der Waals surface area (Å²) in [6, 6.07) is 17.7. The Hall–Kier alpha value is -4.72. The Balaban J connectivity index is 1.66. The lowest BCUT2D eigenvalue weighted by Gasteiger charge is -2.29. The maximum Gasteiger partial charge on any atom is 0.335 e. The van der Waals surface area contributed by atoms with Gasteiger partial charge in [-0.3, -0.25) is 19.8 Å². The van der Waals surface area contributed by atoms with Crippen molar-refractivity contribution in [1.29, 1.82) is 5.26 Å². The third-order valence-corrected chi connectivity index (χ3v) is 6.09. The lowest BCUT2D eigenvalue weighted by atomic mass is 10.1. The fraction of sp³-hybridized carbons (Fsp3) is 0.0741.